The van der Waals surface area contributed by atoms with Crippen LogP contribution in [0.15, 0.2) is 53.5 Å². The maximum absolute atomic E-state index is 9.59. The molecule has 0 saturated carbocycles. The predicted octanol–water partition coefficient (Wildman–Crippen LogP) is 5.22. The molecular weight excluding hydrogens is 238 g/mol. The van der Waals surface area contributed by atoms with Crippen LogP contribution in [0.4, 0.5) is 5.69 Å². The van der Waals surface area contributed by atoms with Gasteiger partial charge in [0.1, 0.15) is 17.0 Å². The summed E-state index contributed by atoms with van der Waals surface area (Å²) in [5.41, 5.74) is 1.24. The van der Waals surface area contributed by atoms with Crippen molar-refractivity contribution in [3.05, 3.63) is 43.2 Å². The third-order valence-corrected chi connectivity index (χ3v) is 1.97. The molecule has 0 aliphatic heterocycles. The van der Waals surface area contributed by atoms with E-state index in [1.807, 2.05) is 27.7 Å². The van der Waals surface area contributed by atoms with E-state index in [2.05, 4.69) is 21.8 Å². The lowest BCUT2D eigenvalue weighted by Gasteiger charge is -2.01. The number of phenols is 1. The van der Waals surface area contributed by atoms with Gasteiger partial charge in [0.2, 0.25) is 0 Å². The first-order chi connectivity index (χ1) is 9.33. The predicted molar refractivity (Wildman–Crippen MR) is 80.8 cm³/mol. The summed E-state index contributed by atoms with van der Waals surface area (Å²) in [5, 5.41) is 17.9. The molecule has 0 aliphatic rings. The number of aromatic hydroxyl groups is 1. The first-order valence-electron chi connectivity index (χ1n) is 6.41. The summed E-state index contributed by atoms with van der Waals surface area (Å²) in [6, 6.07) is 6.78. The number of phenolic OH excluding ortho intramolecular Hbond substituents is 1. The number of rotatable bonds is 2. The zero-order valence-corrected chi connectivity index (χ0v) is 12.0. The minimum Gasteiger partial charge on any atom is -0.507 e. The number of pyridine rings is 1. The van der Waals surface area contributed by atoms with E-state index in [4.69, 9.17) is 0 Å². The number of aromatic nitrogens is 1. The minimum atomic E-state index is 0.190. The topological polar surface area (TPSA) is 57.8 Å². The fraction of sp³-hybridized carbons (Fsp3) is 0.267. The Morgan fingerprint density at radius 3 is 2.47 bits per heavy atom. The van der Waals surface area contributed by atoms with Crippen LogP contribution in [0, 0.1) is 0 Å². The van der Waals surface area contributed by atoms with Crippen molar-refractivity contribution >= 4 is 16.6 Å². The third-order valence-electron chi connectivity index (χ3n) is 1.97. The van der Waals surface area contributed by atoms with Crippen molar-refractivity contribution in [2.75, 3.05) is 0 Å². The minimum absolute atomic E-state index is 0.190. The van der Waals surface area contributed by atoms with Crippen LogP contribution in [0.2, 0.25) is 0 Å². The maximum Gasteiger partial charge on any atom is 0.125 e. The third kappa shape index (κ3) is 4.50. The molecule has 0 spiro atoms. The Kier molecular flexibility index (Phi) is 8.62. The van der Waals surface area contributed by atoms with Gasteiger partial charge in [-0.2, -0.15) is 5.11 Å². The summed E-state index contributed by atoms with van der Waals surface area (Å²) >= 11 is 0. The van der Waals surface area contributed by atoms with Crippen LogP contribution in [0.5, 0.6) is 5.75 Å². The molecule has 0 fully saturated rings. The van der Waals surface area contributed by atoms with Crippen LogP contribution in [0.25, 0.3) is 10.9 Å². The molecule has 0 aliphatic carbocycles. The van der Waals surface area contributed by atoms with Crippen molar-refractivity contribution in [1.29, 1.82) is 0 Å². The summed E-state index contributed by atoms with van der Waals surface area (Å²) in [6.07, 6.45) is 3.00. The van der Waals surface area contributed by atoms with E-state index in [1.54, 1.807) is 30.5 Å². The zero-order chi connectivity index (χ0) is 14.7. The van der Waals surface area contributed by atoms with Crippen molar-refractivity contribution in [2.45, 2.75) is 27.7 Å². The molecule has 2 aromatic rings. The molecular formula is C15H21N3O. The molecule has 1 heterocycles. The second-order valence-electron chi connectivity index (χ2n) is 2.90. The normalized spacial score (nSPS) is 9.26. The van der Waals surface area contributed by atoms with Gasteiger partial charge < -0.3 is 5.11 Å². The summed E-state index contributed by atoms with van der Waals surface area (Å²) in [4.78, 5) is 4.15. The molecule has 0 radical (unpaired) electrons. The Hall–Kier alpha value is -2.23. The molecule has 0 bridgehead atoms. The van der Waals surface area contributed by atoms with Crippen LogP contribution in [-0.4, -0.2) is 10.1 Å². The second kappa shape index (κ2) is 9.76. The van der Waals surface area contributed by atoms with Gasteiger partial charge in [-0.3, -0.25) is 4.98 Å². The van der Waals surface area contributed by atoms with Gasteiger partial charge in [-0.1, -0.05) is 34.3 Å². The van der Waals surface area contributed by atoms with E-state index in [9.17, 15) is 5.11 Å². The molecule has 0 saturated heterocycles. The number of benzene rings is 1. The summed E-state index contributed by atoms with van der Waals surface area (Å²) in [5.74, 6) is 0.190. The lowest BCUT2D eigenvalue weighted by Crippen LogP contribution is -1.78. The SMILES string of the molecule is C=CN=Nc1ccc(O)c2cccnc12.CC.CC. The lowest BCUT2D eigenvalue weighted by atomic mass is 10.2. The molecule has 1 N–H and O–H groups in total. The molecule has 102 valence electrons. The van der Waals surface area contributed by atoms with E-state index < -0.39 is 0 Å². The van der Waals surface area contributed by atoms with Gasteiger partial charge in [-0.05, 0) is 24.3 Å². The van der Waals surface area contributed by atoms with E-state index in [0.29, 0.717) is 16.6 Å². The number of fused-ring (bicyclic) bond motifs is 1. The van der Waals surface area contributed by atoms with Gasteiger partial charge >= 0.3 is 0 Å². The molecule has 19 heavy (non-hydrogen) atoms. The molecule has 2 rings (SSSR count). The summed E-state index contributed by atoms with van der Waals surface area (Å²) in [6.45, 7) is 11.4. The van der Waals surface area contributed by atoms with Gasteiger partial charge in [0.15, 0.2) is 0 Å². The molecule has 4 heteroatoms. The van der Waals surface area contributed by atoms with Gasteiger partial charge in [0.25, 0.3) is 0 Å². The van der Waals surface area contributed by atoms with Crippen LogP contribution < -0.4 is 0 Å². The Bertz CT molecular complexity index is 536. The molecule has 1 aromatic heterocycles. The average Bonchev–Trinajstić information content (AvgIpc) is 2.51. The Balaban J connectivity index is 0.000000741. The fourth-order valence-corrected chi connectivity index (χ4v) is 1.33. The Morgan fingerprint density at radius 1 is 1.16 bits per heavy atom. The first kappa shape index (κ1) is 16.8. The summed E-state index contributed by atoms with van der Waals surface area (Å²) in [7, 11) is 0. The molecule has 0 atom stereocenters. The highest BCUT2D eigenvalue weighted by Gasteiger charge is 2.04. The van der Waals surface area contributed by atoms with E-state index in [-0.39, 0.29) is 5.75 Å². The van der Waals surface area contributed by atoms with Crippen LogP contribution in [0.1, 0.15) is 27.7 Å². The zero-order valence-electron chi connectivity index (χ0n) is 12.0. The number of hydrogen-bond donors (Lipinski definition) is 1. The molecule has 1 aromatic carbocycles. The van der Waals surface area contributed by atoms with Gasteiger partial charge in [0.05, 0.1) is 0 Å². The van der Waals surface area contributed by atoms with Crippen molar-refractivity contribution < 1.29 is 5.11 Å². The van der Waals surface area contributed by atoms with Crippen LogP contribution in [0.3, 0.4) is 0 Å². The number of azo groups is 1. The van der Waals surface area contributed by atoms with E-state index in [0.717, 1.165) is 0 Å². The second-order valence-corrected chi connectivity index (χ2v) is 2.90. The molecule has 4 nitrogen and oxygen atoms in total. The van der Waals surface area contributed by atoms with Gasteiger partial charge in [-0.15, -0.1) is 5.11 Å². The Labute approximate surface area is 114 Å². The molecule has 0 amide bonds. The van der Waals surface area contributed by atoms with E-state index >= 15 is 0 Å². The average molecular weight is 259 g/mol. The first-order valence-corrected chi connectivity index (χ1v) is 6.41. The number of nitrogens with zero attached hydrogens (tertiary/aromatic N) is 3. The van der Waals surface area contributed by atoms with Crippen molar-refractivity contribution in [3.63, 3.8) is 0 Å². The lowest BCUT2D eigenvalue weighted by molar-refractivity contribution is 0.481. The van der Waals surface area contributed by atoms with Crippen LogP contribution >= 0.6 is 0 Å². The largest absolute Gasteiger partial charge is 0.507 e. The highest BCUT2D eigenvalue weighted by molar-refractivity contribution is 5.93. The van der Waals surface area contributed by atoms with Gasteiger partial charge in [0, 0.05) is 17.8 Å². The smallest absolute Gasteiger partial charge is 0.125 e. The summed E-state index contributed by atoms with van der Waals surface area (Å²) < 4.78 is 0. The maximum atomic E-state index is 9.59. The van der Waals surface area contributed by atoms with Crippen molar-refractivity contribution in [2.24, 2.45) is 10.2 Å². The molecule has 0 unspecified atom stereocenters. The highest BCUT2D eigenvalue weighted by atomic mass is 16.3. The monoisotopic (exact) mass is 259 g/mol. The Morgan fingerprint density at radius 2 is 1.84 bits per heavy atom. The van der Waals surface area contributed by atoms with Crippen molar-refractivity contribution in [1.82, 2.24) is 4.98 Å². The fourth-order valence-electron chi connectivity index (χ4n) is 1.33. The highest BCUT2D eigenvalue weighted by Crippen LogP contribution is 2.30. The number of hydrogen-bond acceptors (Lipinski definition) is 4. The van der Waals surface area contributed by atoms with Crippen LogP contribution in [-0.2, 0) is 0 Å². The van der Waals surface area contributed by atoms with E-state index in [1.165, 1.54) is 6.20 Å². The quantitative estimate of drug-likeness (QED) is 0.751. The standard InChI is InChI=1S/C11H9N3O.2C2H6/c1-2-13-14-9-5-6-10(15)8-4-3-7-12-11(8)9;2*1-2/h2-7,15H,1H2;2*1-2H3. The van der Waals surface area contributed by atoms with Crippen molar-refractivity contribution in [3.8, 4) is 5.75 Å². The van der Waals surface area contributed by atoms with Gasteiger partial charge in [-0.25, -0.2) is 0 Å².